The molecule has 3 rings (SSSR count). The zero-order valence-electron chi connectivity index (χ0n) is 12.8. The van der Waals surface area contributed by atoms with Gasteiger partial charge in [0, 0.05) is 13.1 Å². The molecule has 0 spiro atoms. The van der Waals surface area contributed by atoms with Gasteiger partial charge in [0.25, 0.3) is 0 Å². The fourth-order valence-electron chi connectivity index (χ4n) is 2.36. The van der Waals surface area contributed by atoms with E-state index in [4.69, 9.17) is 10.5 Å². The third kappa shape index (κ3) is 3.49. The second-order valence-electron chi connectivity index (χ2n) is 5.22. The number of carbonyl (C=O) groups excluding carboxylic acids is 1. The molecule has 0 saturated carbocycles. The van der Waals surface area contributed by atoms with Gasteiger partial charge in [-0.05, 0) is 24.3 Å². The molecule has 23 heavy (non-hydrogen) atoms. The number of benzene rings is 2. The average molecular weight is 310 g/mol. The van der Waals surface area contributed by atoms with Crippen LogP contribution in [0.1, 0.15) is 5.82 Å². The van der Waals surface area contributed by atoms with Gasteiger partial charge >= 0.3 is 0 Å². The van der Waals surface area contributed by atoms with Gasteiger partial charge in [-0.25, -0.2) is 4.98 Å². The second kappa shape index (κ2) is 6.50. The molecule has 0 fully saturated rings. The Bertz CT molecular complexity index is 827. The zero-order chi connectivity index (χ0) is 16.2. The number of nitrogens with one attached hydrogen (secondary N) is 1. The van der Waals surface area contributed by atoms with Crippen molar-refractivity contribution in [3.8, 4) is 11.5 Å². The van der Waals surface area contributed by atoms with Gasteiger partial charge in [0.2, 0.25) is 5.91 Å². The molecule has 0 aliphatic carbocycles. The van der Waals surface area contributed by atoms with Gasteiger partial charge in [0.15, 0.2) is 0 Å². The Hall–Kier alpha value is -2.86. The van der Waals surface area contributed by atoms with Crippen LogP contribution in [0, 0.1) is 0 Å². The molecule has 1 heterocycles. The van der Waals surface area contributed by atoms with Crippen LogP contribution in [0.4, 0.5) is 0 Å². The first-order valence-corrected chi connectivity index (χ1v) is 7.31. The van der Waals surface area contributed by atoms with Crippen LogP contribution >= 0.6 is 0 Å². The number of nitrogens with zero attached hydrogens (tertiary/aromatic N) is 2. The number of fused-ring (bicyclic) bond motifs is 1. The summed E-state index contributed by atoms with van der Waals surface area (Å²) in [6.07, 6.45) is 0. The zero-order valence-corrected chi connectivity index (χ0v) is 12.8. The lowest BCUT2D eigenvalue weighted by molar-refractivity contribution is -0.117. The molecule has 0 unspecified atom stereocenters. The van der Waals surface area contributed by atoms with Gasteiger partial charge in [-0.3, -0.25) is 4.79 Å². The quantitative estimate of drug-likeness (QED) is 0.729. The summed E-state index contributed by atoms with van der Waals surface area (Å²) in [5, 5.41) is 2.97. The summed E-state index contributed by atoms with van der Waals surface area (Å²) in [6.45, 7) is 0.606. The lowest BCUT2D eigenvalue weighted by Crippen LogP contribution is -2.28. The van der Waals surface area contributed by atoms with Crippen LogP contribution in [-0.4, -0.2) is 22.0 Å². The smallest absolute Gasteiger partial charge is 0.231 e. The number of rotatable bonds is 6. The molecule has 118 valence electrons. The molecule has 6 nitrogen and oxygen atoms in total. The van der Waals surface area contributed by atoms with Crippen LogP contribution in [0.5, 0.6) is 11.5 Å². The maximum Gasteiger partial charge on any atom is 0.231 e. The first kappa shape index (κ1) is 15.1. The van der Waals surface area contributed by atoms with Gasteiger partial charge in [-0.2, -0.15) is 0 Å². The Balaban J connectivity index is 1.82. The molecular weight excluding hydrogens is 292 g/mol. The lowest BCUT2D eigenvalue weighted by atomic mass is 10.3. The number of nitrogens with two attached hydrogens (primary N) is 1. The van der Waals surface area contributed by atoms with Gasteiger partial charge < -0.3 is 20.4 Å². The first-order valence-electron chi connectivity index (χ1n) is 7.31. The van der Waals surface area contributed by atoms with Crippen molar-refractivity contribution in [1.82, 2.24) is 14.9 Å². The van der Waals surface area contributed by atoms with Gasteiger partial charge in [-0.15, -0.1) is 0 Å². The summed E-state index contributed by atoms with van der Waals surface area (Å²) in [5.74, 6) is 1.99. The molecule has 3 N–H and O–H groups in total. The summed E-state index contributed by atoms with van der Waals surface area (Å²) in [4.78, 5) is 15.3. The van der Waals surface area contributed by atoms with E-state index in [1.54, 1.807) is 0 Å². The fraction of sp³-hybridized carbons (Fsp3) is 0.176. The summed E-state index contributed by atoms with van der Waals surface area (Å²) in [7, 11) is 1.93. The monoisotopic (exact) mass is 310 g/mol. The molecule has 6 heteroatoms. The van der Waals surface area contributed by atoms with Crippen LogP contribution in [0.2, 0.25) is 0 Å². The minimum Gasteiger partial charge on any atom is -0.457 e. The van der Waals surface area contributed by atoms with Crippen molar-refractivity contribution in [2.24, 2.45) is 12.8 Å². The minimum absolute atomic E-state index is 0.131. The molecule has 0 bridgehead atoms. The Morgan fingerprint density at radius 3 is 2.74 bits per heavy atom. The highest BCUT2D eigenvalue weighted by Gasteiger charge is 2.09. The van der Waals surface area contributed by atoms with Gasteiger partial charge in [0.05, 0.1) is 24.1 Å². The molecule has 0 radical (unpaired) electrons. The number of amides is 1. The summed E-state index contributed by atoms with van der Waals surface area (Å²) in [6, 6.07) is 15.4. The van der Waals surface area contributed by atoms with Crippen molar-refractivity contribution in [3.63, 3.8) is 0 Å². The standard InChI is InChI=1S/C17H18N4O2/c1-21-15-9-13(23-12-5-3-2-4-6-12)7-8-14(15)20-17(21)11-19-10-16(18)22/h2-9,19H,10-11H2,1H3,(H2,18,22). The number of para-hydroxylation sites is 1. The Morgan fingerprint density at radius 1 is 1.22 bits per heavy atom. The topological polar surface area (TPSA) is 82.2 Å². The third-order valence-electron chi connectivity index (χ3n) is 3.51. The lowest BCUT2D eigenvalue weighted by Gasteiger charge is -2.06. The number of primary amides is 1. The van der Waals surface area contributed by atoms with E-state index in [1.807, 2.05) is 60.1 Å². The van der Waals surface area contributed by atoms with E-state index in [1.165, 1.54) is 0 Å². The number of hydrogen-bond donors (Lipinski definition) is 2. The van der Waals surface area contributed by atoms with E-state index < -0.39 is 0 Å². The van der Waals surface area contributed by atoms with Gasteiger partial charge in [-0.1, -0.05) is 18.2 Å². The highest BCUT2D eigenvalue weighted by molar-refractivity contribution is 5.78. The SMILES string of the molecule is Cn1c(CNCC(N)=O)nc2ccc(Oc3ccccc3)cc21. The molecule has 2 aromatic carbocycles. The molecule has 1 aromatic heterocycles. The van der Waals surface area contributed by atoms with E-state index in [0.29, 0.717) is 6.54 Å². The van der Waals surface area contributed by atoms with Crippen molar-refractivity contribution in [3.05, 3.63) is 54.4 Å². The number of hydrogen-bond acceptors (Lipinski definition) is 4. The molecule has 0 atom stereocenters. The van der Waals surface area contributed by atoms with E-state index in [-0.39, 0.29) is 12.5 Å². The number of aryl methyl sites for hydroxylation is 1. The van der Waals surface area contributed by atoms with Crippen LogP contribution in [0.3, 0.4) is 0 Å². The van der Waals surface area contributed by atoms with E-state index in [2.05, 4.69) is 10.3 Å². The highest BCUT2D eigenvalue weighted by Crippen LogP contribution is 2.25. The number of imidazole rings is 1. The molecule has 0 saturated heterocycles. The van der Waals surface area contributed by atoms with Crippen LogP contribution < -0.4 is 15.8 Å². The Labute approximate surface area is 133 Å². The van der Waals surface area contributed by atoms with E-state index in [0.717, 1.165) is 28.4 Å². The number of aromatic nitrogens is 2. The summed E-state index contributed by atoms with van der Waals surface area (Å²) >= 11 is 0. The summed E-state index contributed by atoms with van der Waals surface area (Å²) < 4.78 is 7.82. The molecule has 1 amide bonds. The number of ether oxygens (including phenoxy) is 1. The van der Waals surface area contributed by atoms with Crippen molar-refractivity contribution in [2.75, 3.05) is 6.54 Å². The minimum atomic E-state index is -0.387. The Morgan fingerprint density at radius 2 is 2.00 bits per heavy atom. The Kier molecular flexibility index (Phi) is 4.25. The molecule has 0 aliphatic rings. The van der Waals surface area contributed by atoms with Crippen molar-refractivity contribution in [2.45, 2.75) is 6.54 Å². The first-order chi connectivity index (χ1) is 11.1. The van der Waals surface area contributed by atoms with E-state index in [9.17, 15) is 4.79 Å². The normalized spacial score (nSPS) is 10.8. The van der Waals surface area contributed by atoms with E-state index >= 15 is 0 Å². The summed E-state index contributed by atoms with van der Waals surface area (Å²) in [5.41, 5.74) is 6.96. The maximum atomic E-state index is 10.8. The third-order valence-corrected chi connectivity index (χ3v) is 3.51. The predicted molar refractivity (Wildman–Crippen MR) is 88.1 cm³/mol. The van der Waals surface area contributed by atoms with Crippen molar-refractivity contribution >= 4 is 16.9 Å². The maximum absolute atomic E-state index is 10.8. The molecular formula is C17H18N4O2. The highest BCUT2D eigenvalue weighted by atomic mass is 16.5. The van der Waals surface area contributed by atoms with Gasteiger partial charge in [0.1, 0.15) is 17.3 Å². The second-order valence-corrected chi connectivity index (χ2v) is 5.22. The average Bonchev–Trinajstić information content (AvgIpc) is 2.84. The van der Waals surface area contributed by atoms with Crippen molar-refractivity contribution in [1.29, 1.82) is 0 Å². The molecule has 0 aliphatic heterocycles. The predicted octanol–water partition coefficient (Wildman–Crippen LogP) is 1.94. The van der Waals surface area contributed by atoms with Crippen LogP contribution in [-0.2, 0) is 18.4 Å². The number of carbonyl (C=O) groups is 1. The largest absolute Gasteiger partial charge is 0.457 e. The van der Waals surface area contributed by atoms with Crippen molar-refractivity contribution < 1.29 is 9.53 Å². The molecule has 3 aromatic rings. The fourth-order valence-corrected chi connectivity index (χ4v) is 2.36. The van der Waals surface area contributed by atoms with Crippen LogP contribution in [0.15, 0.2) is 48.5 Å². The van der Waals surface area contributed by atoms with Crippen LogP contribution in [0.25, 0.3) is 11.0 Å².